The van der Waals surface area contributed by atoms with Crippen LogP contribution in [0.15, 0.2) is 0 Å². The predicted molar refractivity (Wildman–Crippen MR) is 75.0 cm³/mol. The molecule has 0 saturated carbocycles. The highest BCUT2D eigenvalue weighted by Gasteiger charge is 2.16. The average molecular weight is 281 g/mol. The summed E-state index contributed by atoms with van der Waals surface area (Å²) in [6, 6.07) is 2.12. The van der Waals surface area contributed by atoms with Gasteiger partial charge in [-0.15, -0.1) is 0 Å². The Kier molecular flexibility index (Phi) is 12.9. The van der Waals surface area contributed by atoms with Crippen LogP contribution in [0.25, 0.3) is 0 Å². The van der Waals surface area contributed by atoms with Crippen LogP contribution in [-0.2, 0) is 17.7 Å². The topological polar surface area (TPSA) is 36.9 Å². The lowest BCUT2D eigenvalue weighted by molar-refractivity contribution is 0.207. The molecule has 6 heteroatoms. The quantitative estimate of drug-likeness (QED) is 0.512. The van der Waals surface area contributed by atoms with Crippen molar-refractivity contribution in [2.75, 3.05) is 26.4 Å². The maximum absolute atomic E-state index is 5.63. The van der Waals surface area contributed by atoms with Gasteiger partial charge in [0.05, 0.1) is 0 Å². The van der Waals surface area contributed by atoms with E-state index in [9.17, 15) is 0 Å². The minimum absolute atomic E-state index is 0.759. The van der Waals surface area contributed by atoms with Crippen molar-refractivity contribution < 1.29 is 17.7 Å². The molecular weight excluding hydrogens is 252 g/mol. The largest absolute Gasteiger partial charge is 0.397 e. The molecule has 0 aromatic rings. The summed E-state index contributed by atoms with van der Waals surface area (Å²) in [6.07, 6.45) is 1.10. The van der Waals surface area contributed by atoms with Gasteiger partial charge >= 0.3 is 18.6 Å². The summed E-state index contributed by atoms with van der Waals surface area (Å²) < 4.78 is 22.5. The predicted octanol–water partition coefficient (Wildman–Crippen LogP) is 1.96. The summed E-state index contributed by atoms with van der Waals surface area (Å²) in [7, 11) is -2.84. The van der Waals surface area contributed by atoms with Gasteiger partial charge in [0, 0.05) is 26.4 Å². The fourth-order valence-corrected chi connectivity index (χ4v) is 5.58. The first-order valence-electron chi connectivity index (χ1n) is 6.74. The van der Waals surface area contributed by atoms with E-state index in [0.29, 0.717) is 0 Å². The van der Waals surface area contributed by atoms with Crippen molar-refractivity contribution in [2.45, 2.75) is 46.2 Å². The summed E-state index contributed by atoms with van der Waals surface area (Å²) in [5.74, 6) is 0. The van der Waals surface area contributed by atoms with E-state index < -0.39 is 18.6 Å². The Balaban J connectivity index is 3.73. The molecule has 0 bridgehead atoms. The van der Waals surface area contributed by atoms with Crippen LogP contribution in [0.2, 0.25) is 12.1 Å². The molecule has 0 aromatic heterocycles. The Labute approximate surface area is 109 Å². The van der Waals surface area contributed by atoms with Crippen LogP contribution in [0.1, 0.15) is 34.1 Å². The van der Waals surface area contributed by atoms with Gasteiger partial charge in [-0.3, -0.25) is 0 Å². The third kappa shape index (κ3) is 9.93. The lowest BCUT2D eigenvalue weighted by Gasteiger charge is -2.17. The van der Waals surface area contributed by atoms with E-state index in [1.807, 2.05) is 27.7 Å². The van der Waals surface area contributed by atoms with Gasteiger partial charge < -0.3 is 17.7 Å². The van der Waals surface area contributed by atoms with Crippen LogP contribution >= 0.6 is 0 Å². The molecule has 17 heavy (non-hydrogen) atoms. The van der Waals surface area contributed by atoms with Gasteiger partial charge in [0.1, 0.15) is 0 Å². The van der Waals surface area contributed by atoms with E-state index in [0.717, 1.165) is 44.9 Å². The monoisotopic (exact) mass is 280 g/mol. The summed E-state index contributed by atoms with van der Waals surface area (Å²) in [5, 5.41) is 0. The standard InChI is InChI=1S/C11H28O4Si2/c1-5-12-16(13-6-2)10-9-11-17(14-7-3)15-8-4/h16-17H,5-11H2,1-4H3. The van der Waals surface area contributed by atoms with Gasteiger partial charge in [-0.05, 0) is 46.2 Å². The van der Waals surface area contributed by atoms with E-state index in [4.69, 9.17) is 17.7 Å². The van der Waals surface area contributed by atoms with Gasteiger partial charge in [0.15, 0.2) is 0 Å². The Morgan fingerprint density at radius 1 is 0.588 bits per heavy atom. The Morgan fingerprint density at radius 2 is 0.882 bits per heavy atom. The second kappa shape index (κ2) is 12.7. The lowest BCUT2D eigenvalue weighted by atomic mass is 10.6. The molecule has 0 aromatic carbocycles. The Morgan fingerprint density at radius 3 is 1.12 bits per heavy atom. The van der Waals surface area contributed by atoms with Crippen LogP contribution < -0.4 is 0 Å². The van der Waals surface area contributed by atoms with Gasteiger partial charge in [-0.2, -0.15) is 0 Å². The van der Waals surface area contributed by atoms with Crippen LogP contribution in [0, 0.1) is 0 Å². The zero-order valence-electron chi connectivity index (χ0n) is 11.7. The maximum Gasteiger partial charge on any atom is 0.321 e. The summed E-state index contributed by atoms with van der Waals surface area (Å²) >= 11 is 0. The molecule has 0 rings (SSSR count). The molecular formula is C11H28O4Si2. The van der Waals surface area contributed by atoms with Crippen LogP contribution in [0.4, 0.5) is 0 Å². The van der Waals surface area contributed by atoms with E-state index >= 15 is 0 Å². The highest BCUT2D eigenvalue weighted by atomic mass is 28.3. The number of rotatable bonds is 12. The van der Waals surface area contributed by atoms with Crippen LogP contribution in [-0.4, -0.2) is 45.0 Å². The molecule has 0 heterocycles. The lowest BCUT2D eigenvalue weighted by Crippen LogP contribution is -2.26. The fourth-order valence-electron chi connectivity index (χ4n) is 1.62. The van der Waals surface area contributed by atoms with E-state index in [2.05, 4.69) is 0 Å². The Hall–Kier alpha value is 0.274. The van der Waals surface area contributed by atoms with E-state index in [1.165, 1.54) is 0 Å². The average Bonchev–Trinajstić information content (AvgIpc) is 2.30. The molecule has 0 saturated heterocycles. The van der Waals surface area contributed by atoms with Crippen LogP contribution in [0.3, 0.4) is 0 Å². The molecule has 0 N–H and O–H groups in total. The van der Waals surface area contributed by atoms with Crippen LogP contribution in [0.5, 0.6) is 0 Å². The minimum Gasteiger partial charge on any atom is -0.397 e. The summed E-state index contributed by atoms with van der Waals surface area (Å²) in [4.78, 5) is 0. The molecule has 0 unspecified atom stereocenters. The van der Waals surface area contributed by atoms with Crippen molar-refractivity contribution >= 4 is 18.6 Å². The van der Waals surface area contributed by atoms with E-state index in [1.54, 1.807) is 0 Å². The highest BCUT2D eigenvalue weighted by Crippen LogP contribution is 2.09. The SMILES string of the molecule is CCO[SiH](CCC[SiH](OCC)OCC)OCC. The second-order valence-electron chi connectivity index (χ2n) is 3.61. The molecule has 0 aliphatic carbocycles. The highest BCUT2D eigenvalue weighted by molar-refractivity contribution is 6.46. The molecule has 0 aliphatic heterocycles. The zero-order chi connectivity index (χ0) is 12.9. The van der Waals surface area contributed by atoms with Crippen molar-refractivity contribution in [3.05, 3.63) is 0 Å². The van der Waals surface area contributed by atoms with Crippen molar-refractivity contribution in [2.24, 2.45) is 0 Å². The van der Waals surface area contributed by atoms with Gasteiger partial charge in [0.25, 0.3) is 0 Å². The molecule has 4 nitrogen and oxygen atoms in total. The third-order valence-electron chi connectivity index (χ3n) is 2.29. The molecule has 0 atom stereocenters. The Bertz CT molecular complexity index is 132. The maximum atomic E-state index is 5.63. The molecule has 0 fully saturated rings. The fraction of sp³-hybridized carbons (Fsp3) is 1.00. The van der Waals surface area contributed by atoms with Crippen molar-refractivity contribution in [3.63, 3.8) is 0 Å². The number of hydrogen-bond donors (Lipinski definition) is 0. The van der Waals surface area contributed by atoms with Crippen molar-refractivity contribution in [3.8, 4) is 0 Å². The zero-order valence-corrected chi connectivity index (χ0v) is 14.0. The number of hydrogen-bond acceptors (Lipinski definition) is 4. The van der Waals surface area contributed by atoms with Gasteiger partial charge in [0.2, 0.25) is 0 Å². The van der Waals surface area contributed by atoms with E-state index in [-0.39, 0.29) is 0 Å². The molecule has 0 spiro atoms. The minimum atomic E-state index is -1.42. The second-order valence-corrected chi connectivity index (χ2v) is 7.82. The molecule has 0 amide bonds. The van der Waals surface area contributed by atoms with Crippen molar-refractivity contribution in [1.82, 2.24) is 0 Å². The first-order valence-corrected chi connectivity index (χ1v) is 10.3. The summed E-state index contributed by atoms with van der Waals surface area (Å²) in [5.41, 5.74) is 0. The van der Waals surface area contributed by atoms with Crippen molar-refractivity contribution in [1.29, 1.82) is 0 Å². The van der Waals surface area contributed by atoms with Gasteiger partial charge in [-0.1, -0.05) is 0 Å². The molecule has 0 radical (unpaired) electrons. The molecule has 0 aliphatic rings. The molecule has 104 valence electrons. The third-order valence-corrected chi connectivity index (χ3v) is 6.87. The smallest absolute Gasteiger partial charge is 0.321 e. The first-order chi connectivity index (χ1) is 8.28. The first kappa shape index (κ1) is 17.3. The normalized spacial score (nSPS) is 11.6. The van der Waals surface area contributed by atoms with Gasteiger partial charge in [-0.25, -0.2) is 0 Å². The summed E-state index contributed by atoms with van der Waals surface area (Å²) in [6.45, 7) is 11.1.